The van der Waals surface area contributed by atoms with Crippen LogP contribution in [0.3, 0.4) is 0 Å². The summed E-state index contributed by atoms with van der Waals surface area (Å²) in [5, 5.41) is 0. The number of rotatable bonds is 6. The topological polar surface area (TPSA) is 43.9 Å². The van der Waals surface area contributed by atoms with Crippen LogP contribution in [-0.2, 0) is 11.3 Å². The fourth-order valence-corrected chi connectivity index (χ4v) is 5.87. The monoisotopic (exact) mass is 411 g/mol. The van der Waals surface area contributed by atoms with Crippen molar-refractivity contribution < 1.29 is 9.59 Å². The normalized spacial score (nSPS) is 26.1. The summed E-state index contributed by atoms with van der Waals surface area (Å²) in [6.07, 6.45) is 7.21. The Morgan fingerprint density at radius 1 is 1.17 bits per heavy atom. The molecule has 0 aromatic heterocycles. The summed E-state index contributed by atoms with van der Waals surface area (Å²) in [5.74, 6) is 0.806. The number of fused-ring (bicyclic) bond motifs is 2. The average molecular weight is 412 g/mol. The van der Waals surface area contributed by atoms with E-state index in [1.807, 2.05) is 41.1 Å². The molecule has 0 spiro atoms. The van der Waals surface area contributed by atoms with E-state index in [-0.39, 0.29) is 23.8 Å². The van der Waals surface area contributed by atoms with Crippen molar-refractivity contribution in [2.75, 3.05) is 26.7 Å². The second-order valence-corrected chi connectivity index (χ2v) is 9.64. The minimum atomic E-state index is -0.383. The van der Waals surface area contributed by atoms with Crippen LogP contribution in [0.2, 0.25) is 0 Å². The molecule has 3 aliphatic heterocycles. The van der Waals surface area contributed by atoms with Crippen LogP contribution in [0.25, 0.3) is 0 Å². The average Bonchev–Trinajstić information content (AvgIpc) is 3.10. The minimum absolute atomic E-state index is 0.00812. The Kier molecular flexibility index (Phi) is 6.47. The highest BCUT2D eigenvalue weighted by Gasteiger charge is 2.41. The molecule has 5 nitrogen and oxygen atoms in total. The van der Waals surface area contributed by atoms with Crippen molar-refractivity contribution in [2.24, 2.45) is 11.8 Å². The van der Waals surface area contributed by atoms with Crippen LogP contribution in [-0.4, -0.2) is 65.3 Å². The number of piperidine rings is 2. The van der Waals surface area contributed by atoms with Crippen LogP contribution in [0.15, 0.2) is 24.3 Å². The molecule has 30 heavy (non-hydrogen) atoms. The predicted octanol–water partition coefficient (Wildman–Crippen LogP) is 3.78. The maximum atomic E-state index is 13.7. The van der Waals surface area contributed by atoms with E-state index < -0.39 is 0 Å². The number of carbonyl (C=O) groups is 2. The summed E-state index contributed by atoms with van der Waals surface area (Å²) >= 11 is 0. The first kappa shape index (κ1) is 21.4. The van der Waals surface area contributed by atoms with Crippen molar-refractivity contribution in [1.29, 1.82) is 0 Å². The van der Waals surface area contributed by atoms with E-state index >= 15 is 0 Å². The molecule has 1 aromatic rings. The van der Waals surface area contributed by atoms with Crippen molar-refractivity contribution in [2.45, 2.75) is 71.0 Å². The molecule has 3 heterocycles. The lowest BCUT2D eigenvalue weighted by Crippen LogP contribution is -2.55. The number of hydrogen-bond acceptors (Lipinski definition) is 3. The molecule has 0 aliphatic carbocycles. The molecule has 2 fully saturated rings. The first-order valence-electron chi connectivity index (χ1n) is 11.9. The molecule has 5 heteroatoms. The Balaban J connectivity index is 1.49. The summed E-state index contributed by atoms with van der Waals surface area (Å²) in [6, 6.07) is 8.02. The number of nitrogens with zero attached hydrogens (tertiary/aromatic N) is 3. The SMILES string of the molecule is CC[C@H](C)[C@H](C(=O)N(C)C[C@H]1CCCN2CCCC[C@@H]12)N1Cc2ccccc2C1=O. The molecule has 2 saturated heterocycles. The minimum Gasteiger partial charge on any atom is -0.344 e. The van der Waals surface area contributed by atoms with Gasteiger partial charge in [0.2, 0.25) is 5.91 Å². The Morgan fingerprint density at radius 3 is 2.70 bits per heavy atom. The van der Waals surface area contributed by atoms with Gasteiger partial charge < -0.3 is 14.7 Å². The molecule has 4 rings (SSSR count). The summed E-state index contributed by atoms with van der Waals surface area (Å²) in [5.41, 5.74) is 1.79. The van der Waals surface area contributed by atoms with Crippen LogP contribution in [0.5, 0.6) is 0 Å². The van der Waals surface area contributed by atoms with Crippen molar-refractivity contribution >= 4 is 11.8 Å². The Hall–Kier alpha value is -1.88. The molecule has 0 unspecified atom stereocenters. The van der Waals surface area contributed by atoms with Crippen molar-refractivity contribution in [3.05, 3.63) is 35.4 Å². The van der Waals surface area contributed by atoms with Gasteiger partial charge in [0, 0.05) is 31.7 Å². The number of benzene rings is 1. The van der Waals surface area contributed by atoms with Crippen molar-refractivity contribution in [3.63, 3.8) is 0 Å². The van der Waals surface area contributed by atoms with E-state index in [2.05, 4.69) is 18.7 Å². The molecule has 0 radical (unpaired) electrons. The zero-order valence-electron chi connectivity index (χ0n) is 18.8. The van der Waals surface area contributed by atoms with Crippen molar-refractivity contribution in [1.82, 2.24) is 14.7 Å². The Labute approximate surface area is 181 Å². The van der Waals surface area contributed by atoms with Gasteiger partial charge in [0.15, 0.2) is 0 Å². The lowest BCUT2D eigenvalue weighted by Gasteiger charge is -2.46. The number of hydrogen-bond donors (Lipinski definition) is 0. The van der Waals surface area contributed by atoms with Gasteiger partial charge in [0.1, 0.15) is 6.04 Å². The largest absolute Gasteiger partial charge is 0.344 e. The van der Waals surface area contributed by atoms with Crippen LogP contribution in [0.4, 0.5) is 0 Å². The smallest absolute Gasteiger partial charge is 0.255 e. The third-order valence-electron chi connectivity index (χ3n) is 7.73. The Bertz CT molecular complexity index is 777. The van der Waals surface area contributed by atoms with E-state index in [9.17, 15) is 9.59 Å². The Morgan fingerprint density at radius 2 is 1.93 bits per heavy atom. The molecule has 4 atom stereocenters. The molecule has 0 bridgehead atoms. The zero-order chi connectivity index (χ0) is 21.3. The first-order chi connectivity index (χ1) is 14.5. The summed E-state index contributed by atoms with van der Waals surface area (Å²) < 4.78 is 0. The molecule has 2 amide bonds. The van der Waals surface area contributed by atoms with Crippen LogP contribution in [0, 0.1) is 11.8 Å². The van der Waals surface area contributed by atoms with Crippen LogP contribution >= 0.6 is 0 Å². The van der Waals surface area contributed by atoms with E-state index in [4.69, 9.17) is 0 Å². The van der Waals surface area contributed by atoms with Gasteiger partial charge in [-0.3, -0.25) is 9.59 Å². The van der Waals surface area contributed by atoms with Gasteiger partial charge in [-0.1, -0.05) is 44.9 Å². The second kappa shape index (κ2) is 9.09. The van der Waals surface area contributed by atoms with Gasteiger partial charge >= 0.3 is 0 Å². The van der Waals surface area contributed by atoms with Gasteiger partial charge in [0.05, 0.1) is 0 Å². The summed E-state index contributed by atoms with van der Waals surface area (Å²) in [4.78, 5) is 33.2. The molecule has 0 saturated carbocycles. The highest BCUT2D eigenvalue weighted by Crippen LogP contribution is 2.33. The number of likely N-dealkylation sites (N-methyl/N-ethyl adjacent to an activating group) is 1. The van der Waals surface area contributed by atoms with E-state index in [1.165, 1.54) is 45.2 Å². The molecule has 164 valence electrons. The number of amides is 2. The van der Waals surface area contributed by atoms with Crippen LogP contribution < -0.4 is 0 Å². The summed E-state index contributed by atoms with van der Waals surface area (Å²) in [7, 11) is 1.95. The standard InChI is InChI=1S/C25H37N3O2/c1-4-18(2)23(28-17-19-10-5-6-12-21(19)24(28)29)25(30)26(3)16-20-11-9-15-27-14-8-7-13-22(20)27/h5-6,10,12,18,20,22-23H,4,7-9,11,13-17H2,1-3H3/t18-,20+,22-,23+/m0/s1. The molecule has 0 N–H and O–H groups in total. The highest BCUT2D eigenvalue weighted by molar-refractivity contribution is 6.01. The molecule has 1 aromatic carbocycles. The highest BCUT2D eigenvalue weighted by atomic mass is 16.2. The third-order valence-corrected chi connectivity index (χ3v) is 7.73. The van der Waals surface area contributed by atoms with E-state index in [0.29, 0.717) is 18.5 Å². The van der Waals surface area contributed by atoms with Gasteiger partial charge in [-0.2, -0.15) is 0 Å². The molecular formula is C25H37N3O2. The van der Waals surface area contributed by atoms with Gasteiger partial charge in [-0.25, -0.2) is 0 Å². The fraction of sp³-hybridized carbons (Fsp3) is 0.680. The summed E-state index contributed by atoms with van der Waals surface area (Å²) in [6.45, 7) is 8.00. The maximum Gasteiger partial charge on any atom is 0.255 e. The zero-order valence-corrected chi connectivity index (χ0v) is 18.8. The maximum absolute atomic E-state index is 13.7. The first-order valence-corrected chi connectivity index (χ1v) is 11.9. The van der Waals surface area contributed by atoms with Gasteiger partial charge in [-0.05, 0) is 62.2 Å². The van der Waals surface area contributed by atoms with E-state index in [0.717, 1.165) is 24.1 Å². The molecular weight excluding hydrogens is 374 g/mol. The fourth-order valence-electron chi connectivity index (χ4n) is 5.87. The van der Waals surface area contributed by atoms with E-state index in [1.54, 1.807) is 0 Å². The van der Waals surface area contributed by atoms with Gasteiger partial charge in [0.25, 0.3) is 5.91 Å². The van der Waals surface area contributed by atoms with Gasteiger partial charge in [-0.15, -0.1) is 0 Å². The molecule has 3 aliphatic rings. The van der Waals surface area contributed by atoms with Crippen molar-refractivity contribution in [3.8, 4) is 0 Å². The number of carbonyl (C=O) groups excluding carboxylic acids is 2. The van der Waals surface area contributed by atoms with Crippen LogP contribution in [0.1, 0.15) is 68.3 Å². The lowest BCUT2D eigenvalue weighted by molar-refractivity contribution is -0.138. The lowest BCUT2D eigenvalue weighted by atomic mass is 9.83. The predicted molar refractivity (Wildman–Crippen MR) is 119 cm³/mol. The second-order valence-electron chi connectivity index (χ2n) is 9.64. The third kappa shape index (κ3) is 4.01. The quantitative estimate of drug-likeness (QED) is 0.716.